The molecule has 0 unspecified atom stereocenters. The van der Waals surface area contributed by atoms with Crippen LogP contribution < -0.4 is 5.32 Å². The van der Waals surface area contributed by atoms with Gasteiger partial charge in [-0.25, -0.2) is 4.98 Å². The summed E-state index contributed by atoms with van der Waals surface area (Å²) in [7, 11) is 0. The third-order valence-corrected chi connectivity index (χ3v) is 6.79. The summed E-state index contributed by atoms with van der Waals surface area (Å²) < 4.78 is 0. The van der Waals surface area contributed by atoms with Crippen LogP contribution in [0.3, 0.4) is 0 Å². The molecule has 5 heteroatoms. The lowest BCUT2D eigenvalue weighted by Gasteiger charge is -2.22. The molecule has 4 nitrogen and oxygen atoms in total. The molecule has 1 amide bonds. The van der Waals surface area contributed by atoms with Gasteiger partial charge in [0.2, 0.25) is 5.91 Å². The van der Waals surface area contributed by atoms with Crippen LogP contribution in [-0.2, 0) is 17.6 Å². The van der Waals surface area contributed by atoms with Gasteiger partial charge < -0.3 is 5.32 Å². The van der Waals surface area contributed by atoms with Crippen molar-refractivity contribution in [3.8, 4) is 17.2 Å². The second kappa shape index (κ2) is 10.0. The maximum Gasteiger partial charge on any atom is 0.234 e. The van der Waals surface area contributed by atoms with E-state index in [2.05, 4.69) is 49.5 Å². The molecule has 3 aromatic rings. The van der Waals surface area contributed by atoms with E-state index < -0.39 is 0 Å². The summed E-state index contributed by atoms with van der Waals surface area (Å²) in [5, 5.41) is 13.7. The van der Waals surface area contributed by atoms with Crippen molar-refractivity contribution in [2.45, 2.75) is 50.5 Å². The summed E-state index contributed by atoms with van der Waals surface area (Å²) in [6, 6.07) is 20.4. The lowest BCUT2D eigenvalue weighted by Crippen LogP contribution is -2.15. The number of nitriles is 1. The summed E-state index contributed by atoms with van der Waals surface area (Å²) in [6.07, 6.45) is 4.08. The predicted octanol–water partition coefficient (Wildman–Crippen LogP) is 6.35. The van der Waals surface area contributed by atoms with Crippen LogP contribution in [0, 0.1) is 11.3 Å². The number of benzene rings is 2. The van der Waals surface area contributed by atoms with Crippen LogP contribution in [0.4, 0.5) is 5.69 Å². The molecule has 1 aliphatic rings. The zero-order chi connectivity index (χ0) is 22.5. The zero-order valence-corrected chi connectivity index (χ0v) is 19.3. The van der Waals surface area contributed by atoms with E-state index >= 15 is 0 Å². The van der Waals surface area contributed by atoms with Gasteiger partial charge in [0, 0.05) is 16.9 Å². The number of hydrogen-bond donors (Lipinski definition) is 1. The van der Waals surface area contributed by atoms with Gasteiger partial charge in [-0.1, -0.05) is 68.1 Å². The zero-order valence-electron chi connectivity index (χ0n) is 18.5. The van der Waals surface area contributed by atoms with Gasteiger partial charge in [0.1, 0.15) is 11.1 Å². The number of carbonyl (C=O) groups is 1. The minimum Gasteiger partial charge on any atom is -0.325 e. The monoisotopic (exact) mass is 441 g/mol. The van der Waals surface area contributed by atoms with Gasteiger partial charge in [-0.15, -0.1) is 0 Å². The number of thioether (sulfide) groups is 1. The quantitative estimate of drug-likeness (QED) is 0.452. The van der Waals surface area contributed by atoms with Crippen molar-refractivity contribution < 1.29 is 4.79 Å². The van der Waals surface area contributed by atoms with Gasteiger partial charge in [0.15, 0.2) is 0 Å². The fourth-order valence-corrected chi connectivity index (χ4v) is 4.94. The first-order chi connectivity index (χ1) is 15.6. The molecule has 1 heterocycles. The van der Waals surface area contributed by atoms with E-state index in [1.165, 1.54) is 22.9 Å². The Kier molecular flexibility index (Phi) is 6.92. The third-order valence-electron chi connectivity index (χ3n) is 5.82. The molecule has 1 aliphatic carbocycles. The van der Waals surface area contributed by atoms with E-state index in [4.69, 9.17) is 4.98 Å². The highest BCUT2D eigenvalue weighted by molar-refractivity contribution is 8.00. The fraction of sp³-hybridized carbons (Fsp3) is 0.296. The highest BCUT2D eigenvalue weighted by atomic mass is 32.2. The topological polar surface area (TPSA) is 65.8 Å². The Morgan fingerprint density at radius 2 is 1.81 bits per heavy atom. The van der Waals surface area contributed by atoms with Crippen LogP contribution in [0.15, 0.2) is 59.6 Å². The van der Waals surface area contributed by atoms with E-state index in [0.29, 0.717) is 16.5 Å². The van der Waals surface area contributed by atoms with E-state index in [-0.39, 0.29) is 11.7 Å². The van der Waals surface area contributed by atoms with Gasteiger partial charge >= 0.3 is 0 Å². The minimum atomic E-state index is -0.104. The van der Waals surface area contributed by atoms with Gasteiger partial charge in [0.05, 0.1) is 11.3 Å². The van der Waals surface area contributed by atoms with Crippen molar-refractivity contribution in [1.29, 1.82) is 5.26 Å². The van der Waals surface area contributed by atoms with Crippen LogP contribution in [-0.4, -0.2) is 16.6 Å². The lowest BCUT2D eigenvalue weighted by atomic mass is 9.86. The highest BCUT2D eigenvalue weighted by Crippen LogP contribution is 2.38. The van der Waals surface area contributed by atoms with Crippen LogP contribution in [0.1, 0.15) is 55.0 Å². The number of aromatic nitrogens is 1. The number of hydrogen-bond acceptors (Lipinski definition) is 4. The summed E-state index contributed by atoms with van der Waals surface area (Å²) in [5.41, 5.74) is 6.96. The average Bonchev–Trinajstić information content (AvgIpc) is 2.82. The van der Waals surface area contributed by atoms with Crippen LogP contribution >= 0.6 is 11.8 Å². The molecular formula is C27H27N3OS. The molecule has 32 heavy (non-hydrogen) atoms. The number of nitrogens with zero attached hydrogens (tertiary/aromatic N) is 2. The van der Waals surface area contributed by atoms with E-state index in [0.717, 1.165) is 48.2 Å². The molecule has 0 bridgehead atoms. The van der Waals surface area contributed by atoms with Crippen LogP contribution in [0.2, 0.25) is 0 Å². The maximum absolute atomic E-state index is 12.5. The second-order valence-corrected chi connectivity index (χ2v) is 9.35. The normalized spacial score (nSPS) is 12.8. The summed E-state index contributed by atoms with van der Waals surface area (Å²) in [4.78, 5) is 17.3. The van der Waals surface area contributed by atoms with Gasteiger partial charge in [-0.2, -0.15) is 5.26 Å². The number of aryl methyl sites for hydroxylation is 1. The fourth-order valence-electron chi connectivity index (χ4n) is 4.13. The lowest BCUT2D eigenvalue weighted by molar-refractivity contribution is -0.113. The Balaban J connectivity index is 1.66. The molecule has 0 atom stereocenters. The SMILES string of the molecule is CC(C)c1ccc(-c2c(C#N)c(SCC(=O)Nc3ccccc3)nc3c2CCCC3)cc1. The largest absolute Gasteiger partial charge is 0.325 e. The smallest absolute Gasteiger partial charge is 0.234 e. The van der Waals surface area contributed by atoms with Gasteiger partial charge in [-0.3, -0.25) is 4.79 Å². The Bertz CT molecular complexity index is 1150. The first kappa shape index (κ1) is 22.1. The molecule has 0 radical (unpaired) electrons. The third kappa shape index (κ3) is 4.87. The molecule has 4 rings (SSSR count). The first-order valence-corrected chi connectivity index (χ1v) is 12.1. The molecule has 162 valence electrons. The molecule has 1 N–H and O–H groups in total. The Morgan fingerprint density at radius 1 is 1.09 bits per heavy atom. The molecule has 0 fully saturated rings. The number of pyridine rings is 1. The standard InChI is InChI=1S/C27H27N3OS/c1-18(2)19-12-14-20(15-13-19)26-22-10-6-7-11-24(22)30-27(23(26)16-28)32-17-25(31)29-21-8-4-3-5-9-21/h3-5,8-9,12-15,18H,6-7,10-11,17H2,1-2H3,(H,29,31). The van der Waals surface area contributed by atoms with Crippen molar-refractivity contribution in [1.82, 2.24) is 4.98 Å². The number of amides is 1. The molecule has 1 aromatic heterocycles. The molecule has 0 saturated carbocycles. The van der Waals surface area contributed by atoms with Crippen molar-refractivity contribution in [2.75, 3.05) is 11.1 Å². The minimum absolute atomic E-state index is 0.104. The molecule has 0 spiro atoms. The maximum atomic E-state index is 12.5. The number of rotatable bonds is 6. The molecule has 0 saturated heterocycles. The summed E-state index contributed by atoms with van der Waals surface area (Å²) in [5.74, 6) is 0.564. The van der Waals surface area contributed by atoms with Crippen molar-refractivity contribution in [3.05, 3.63) is 77.0 Å². The summed E-state index contributed by atoms with van der Waals surface area (Å²) in [6.45, 7) is 4.36. The van der Waals surface area contributed by atoms with Crippen LogP contribution in [0.5, 0.6) is 0 Å². The molecule has 2 aromatic carbocycles. The molecule has 0 aliphatic heterocycles. The van der Waals surface area contributed by atoms with Crippen molar-refractivity contribution >= 4 is 23.4 Å². The van der Waals surface area contributed by atoms with Crippen molar-refractivity contribution in [2.24, 2.45) is 0 Å². The highest BCUT2D eigenvalue weighted by Gasteiger charge is 2.23. The average molecular weight is 442 g/mol. The number of nitrogens with one attached hydrogen (secondary N) is 1. The Labute approximate surface area is 194 Å². The van der Waals surface area contributed by atoms with E-state index in [1.54, 1.807) is 0 Å². The van der Waals surface area contributed by atoms with Crippen LogP contribution in [0.25, 0.3) is 11.1 Å². The number of para-hydroxylation sites is 1. The Hall–Kier alpha value is -3.10. The number of anilines is 1. The molecular weight excluding hydrogens is 414 g/mol. The van der Waals surface area contributed by atoms with E-state index in [1.807, 2.05) is 30.3 Å². The predicted molar refractivity (Wildman–Crippen MR) is 131 cm³/mol. The van der Waals surface area contributed by atoms with Gasteiger partial charge in [-0.05, 0) is 60.4 Å². The van der Waals surface area contributed by atoms with Crippen molar-refractivity contribution in [3.63, 3.8) is 0 Å². The summed E-state index contributed by atoms with van der Waals surface area (Å²) >= 11 is 1.34. The van der Waals surface area contributed by atoms with E-state index in [9.17, 15) is 10.1 Å². The first-order valence-electron chi connectivity index (χ1n) is 11.1. The Morgan fingerprint density at radius 3 is 2.50 bits per heavy atom. The second-order valence-electron chi connectivity index (χ2n) is 8.39. The van der Waals surface area contributed by atoms with Gasteiger partial charge in [0.25, 0.3) is 0 Å². The number of carbonyl (C=O) groups excluding carboxylic acids is 1. The number of fused-ring (bicyclic) bond motifs is 1.